The van der Waals surface area contributed by atoms with Crippen LogP contribution in [0, 0.1) is 11.6 Å². The number of fused-ring (bicyclic) bond motifs is 1. The van der Waals surface area contributed by atoms with E-state index >= 15 is 0 Å². The van der Waals surface area contributed by atoms with Gasteiger partial charge in [-0.05, 0) is 57.4 Å². The first kappa shape index (κ1) is 22.0. The van der Waals surface area contributed by atoms with Gasteiger partial charge in [-0.1, -0.05) is 0 Å². The van der Waals surface area contributed by atoms with Crippen molar-refractivity contribution < 1.29 is 23.0 Å². The first-order valence-electron chi connectivity index (χ1n) is 10.6. The first-order valence-corrected chi connectivity index (χ1v) is 10.6. The number of aromatic amines is 1. The number of ether oxygens (including phenoxy) is 2. The molecule has 1 unspecified atom stereocenters. The Morgan fingerprint density at radius 1 is 1.19 bits per heavy atom. The summed E-state index contributed by atoms with van der Waals surface area (Å²) in [6, 6.07) is 5.91. The molecule has 1 aliphatic heterocycles. The Hall–Kier alpha value is -3.16. The molecule has 2 aromatic heterocycles. The number of aromatic nitrogens is 2. The number of carbonyl (C=O) groups is 1. The Morgan fingerprint density at radius 2 is 1.94 bits per heavy atom. The number of amides is 1. The third kappa shape index (κ3) is 4.40. The monoisotopic (exact) mass is 443 g/mol. The number of pyridine rings is 1. The van der Waals surface area contributed by atoms with Gasteiger partial charge in [-0.2, -0.15) is 0 Å². The number of nitrogens with one attached hydrogen (secondary N) is 1. The lowest BCUT2D eigenvalue weighted by Crippen LogP contribution is -2.42. The number of H-pyrrole nitrogens is 1. The van der Waals surface area contributed by atoms with E-state index < -0.39 is 17.2 Å². The summed E-state index contributed by atoms with van der Waals surface area (Å²) in [7, 11) is 1.42. The van der Waals surface area contributed by atoms with Gasteiger partial charge in [-0.3, -0.25) is 0 Å². The van der Waals surface area contributed by atoms with Crippen molar-refractivity contribution in [1.29, 1.82) is 0 Å². The molecule has 1 aromatic carbocycles. The topological polar surface area (TPSA) is 67.5 Å². The van der Waals surface area contributed by atoms with Crippen molar-refractivity contribution in [3.05, 3.63) is 47.8 Å². The number of rotatable bonds is 3. The Kier molecular flexibility index (Phi) is 5.79. The number of carbonyl (C=O) groups excluding carboxylic acids is 1. The van der Waals surface area contributed by atoms with Crippen molar-refractivity contribution in [2.45, 2.75) is 45.1 Å². The van der Waals surface area contributed by atoms with Crippen LogP contribution in [0.3, 0.4) is 0 Å². The highest BCUT2D eigenvalue weighted by molar-refractivity contribution is 5.95. The number of hydrogen-bond donors (Lipinski definition) is 1. The minimum atomic E-state index is -0.963. The van der Waals surface area contributed by atoms with E-state index in [1.807, 2.05) is 26.8 Å². The SMILES string of the molecule is COc1cc(F)c(F)cc1-c1ccnc2[nH]c(C3CCCN(C(=O)OC(C)(C)C)C3)cc12. The highest BCUT2D eigenvalue weighted by Gasteiger charge is 2.29. The zero-order chi connectivity index (χ0) is 23.0. The van der Waals surface area contributed by atoms with Gasteiger partial charge in [0.25, 0.3) is 0 Å². The second kappa shape index (κ2) is 8.41. The minimum absolute atomic E-state index is 0.0881. The molecule has 1 aliphatic rings. The molecular formula is C24H27F2N3O3. The second-order valence-electron chi connectivity index (χ2n) is 9.08. The highest BCUT2D eigenvalue weighted by atomic mass is 19.2. The molecule has 0 aliphatic carbocycles. The van der Waals surface area contributed by atoms with Gasteiger partial charge >= 0.3 is 6.09 Å². The molecule has 1 fully saturated rings. The minimum Gasteiger partial charge on any atom is -0.496 e. The fourth-order valence-electron chi connectivity index (χ4n) is 4.13. The van der Waals surface area contributed by atoms with Crippen LogP contribution >= 0.6 is 0 Å². The molecular weight excluding hydrogens is 416 g/mol. The standard InChI is InChI=1S/C24H27F2N3O3/c1-24(2,3)32-23(30)29-9-5-6-14(13-29)20-11-17-15(7-8-27-22(17)28-20)16-10-18(25)19(26)12-21(16)31-4/h7-8,10-12,14H,5-6,9,13H2,1-4H3,(H,27,28). The highest BCUT2D eigenvalue weighted by Crippen LogP contribution is 2.38. The van der Waals surface area contributed by atoms with E-state index in [1.165, 1.54) is 7.11 Å². The van der Waals surface area contributed by atoms with Crippen LogP contribution < -0.4 is 4.74 Å². The fraction of sp³-hybridized carbons (Fsp3) is 0.417. The number of likely N-dealkylation sites (tertiary alicyclic amines) is 1. The van der Waals surface area contributed by atoms with E-state index in [9.17, 15) is 13.6 Å². The van der Waals surface area contributed by atoms with Gasteiger partial charge in [-0.25, -0.2) is 18.6 Å². The van der Waals surface area contributed by atoms with Crippen LogP contribution in [0.25, 0.3) is 22.2 Å². The summed E-state index contributed by atoms with van der Waals surface area (Å²) in [5, 5.41) is 0.779. The molecule has 6 nitrogen and oxygen atoms in total. The zero-order valence-corrected chi connectivity index (χ0v) is 18.7. The summed E-state index contributed by atoms with van der Waals surface area (Å²) < 4.78 is 38.5. The number of hydrogen-bond acceptors (Lipinski definition) is 4. The summed E-state index contributed by atoms with van der Waals surface area (Å²) in [6.07, 6.45) is 3.07. The first-order chi connectivity index (χ1) is 15.2. The number of methoxy groups -OCH3 is 1. The Balaban J connectivity index is 1.67. The van der Waals surface area contributed by atoms with E-state index in [0.29, 0.717) is 29.9 Å². The fourth-order valence-corrected chi connectivity index (χ4v) is 4.13. The molecule has 0 saturated carbocycles. The third-order valence-electron chi connectivity index (χ3n) is 5.60. The quantitative estimate of drug-likeness (QED) is 0.570. The average molecular weight is 443 g/mol. The molecule has 1 atom stereocenters. The molecule has 170 valence electrons. The molecule has 1 N–H and O–H groups in total. The normalized spacial score (nSPS) is 16.9. The molecule has 1 amide bonds. The van der Waals surface area contributed by atoms with Gasteiger partial charge in [0.2, 0.25) is 0 Å². The lowest BCUT2D eigenvalue weighted by Gasteiger charge is -2.33. The lowest BCUT2D eigenvalue weighted by atomic mass is 9.94. The van der Waals surface area contributed by atoms with Crippen LogP contribution in [0.5, 0.6) is 5.75 Å². The van der Waals surface area contributed by atoms with Crippen molar-refractivity contribution in [2.75, 3.05) is 20.2 Å². The summed E-state index contributed by atoms with van der Waals surface area (Å²) in [5.41, 5.74) is 2.16. The summed E-state index contributed by atoms with van der Waals surface area (Å²) in [5.74, 6) is -1.57. The lowest BCUT2D eigenvalue weighted by molar-refractivity contribution is 0.0197. The van der Waals surface area contributed by atoms with Gasteiger partial charge in [0.1, 0.15) is 17.0 Å². The Bertz CT molecular complexity index is 1150. The number of piperidine rings is 1. The van der Waals surface area contributed by atoms with Crippen molar-refractivity contribution in [1.82, 2.24) is 14.9 Å². The Morgan fingerprint density at radius 3 is 2.66 bits per heavy atom. The molecule has 0 bridgehead atoms. The predicted octanol–water partition coefficient (Wildman–Crippen LogP) is 5.63. The number of benzene rings is 1. The summed E-state index contributed by atoms with van der Waals surface area (Å²) >= 11 is 0. The maximum absolute atomic E-state index is 14.0. The molecule has 3 aromatic rings. The smallest absolute Gasteiger partial charge is 0.410 e. The van der Waals surface area contributed by atoms with E-state index in [1.54, 1.807) is 17.2 Å². The molecule has 3 heterocycles. The number of nitrogens with zero attached hydrogens (tertiary/aromatic N) is 2. The summed E-state index contributed by atoms with van der Waals surface area (Å²) in [6.45, 7) is 6.74. The van der Waals surface area contributed by atoms with Gasteiger partial charge in [0.05, 0.1) is 7.11 Å². The Labute approximate surface area is 185 Å². The van der Waals surface area contributed by atoms with Gasteiger partial charge in [0, 0.05) is 47.9 Å². The second-order valence-corrected chi connectivity index (χ2v) is 9.08. The zero-order valence-electron chi connectivity index (χ0n) is 18.7. The van der Waals surface area contributed by atoms with E-state index in [2.05, 4.69) is 9.97 Å². The van der Waals surface area contributed by atoms with Crippen LogP contribution in [0.2, 0.25) is 0 Å². The maximum atomic E-state index is 14.0. The van der Waals surface area contributed by atoms with Crippen LogP contribution in [-0.2, 0) is 4.74 Å². The van der Waals surface area contributed by atoms with Gasteiger partial charge in [0.15, 0.2) is 11.6 Å². The van der Waals surface area contributed by atoms with Crippen LogP contribution in [0.4, 0.5) is 13.6 Å². The van der Waals surface area contributed by atoms with Gasteiger partial charge < -0.3 is 19.4 Å². The van der Waals surface area contributed by atoms with E-state index in [-0.39, 0.29) is 17.8 Å². The van der Waals surface area contributed by atoms with Crippen LogP contribution in [-0.4, -0.2) is 46.8 Å². The van der Waals surface area contributed by atoms with E-state index in [0.717, 1.165) is 36.1 Å². The molecule has 0 radical (unpaired) electrons. The maximum Gasteiger partial charge on any atom is 0.410 e. The molecule has 0 spiro atoms. The van der Waals surface area contributed by atoms with Crippen LogP contribution in [0.1, 0.15) is 45.2 Å². The van der Waals surface area contributed by atoms with Crippen LogP contribution in [0.15, 0.2) is 30.5 Å². The van der Waals surface area contributed by atoms with Gasteiger partial charge in [-0.15, -0.1) is 0 Å². The largest absolute Gasteiger partial charge is 0.496 e. The predicted molar refractivity (Wildman–Crippen MR) is 118 cm³/mol. The molecule has 32 heavy (non-hydrogen) atoms. The molecule has 8 heteroatoms. The van der Waals surface area contributed by atoms with Crippen molar-refractivity contribution in [3.8, 4) is 16.9 Å². The summed E-state index contributed by atoms with van der Waals surface area (Å²) in [4.78, 5) is 22.0. The number of halogens is 2. The van der Waals surface area contributed by atoms with Crippen molar-refractivity contribution >= 4 is 17.1 Å². The van der Waals surface area contributed by atoms with E-state index in [4.69, 9.17) is 9.47 Å². The average Bonchev–Trinajstić information content (AvgIpc) is 3.19. The molecule has 1 saturated heterocycles. The third-order valence-corrected chi connectivity index (χ3v) is 5.60. The molecule has 4 rings (SSSR count). The van der Waals surface area contributed by atoms with Crippen molar-refractivity contribution in [3.63, 3.8) is 0 Å². The van der Waals surface area contributed by atoms with Crippen molar-refractivity contribution in [2.24, 2.45) is 0 Å².